The Morgan fingerprint density at radius 3 is 2.83 bits per heavy atom. The van der Waals surface area contributed by atoms with Crippen LogP contribution in [-0.4, -0.2) is 73.3 Å². The minimum absolute atomic E-state index is 0.0460. The first-order chi connectivity index (χ1) is 11.6. The molecule has 1 aromatic rings. The molecule has 0 aliphatic carbocycles. The number of hydrogen-bond donors (Lipinski definition) is 0. The predicted octanol–water partition coefficient (Wildman–Crippen LogP) is 1.07. The van der Waals surface area contributed by atoms with E-state index in [0.29, 0.717) is 19.1 Å². The number of carbonyl (C=O) groups excluding carboxylic acids is 1. The van der Waals surface area contributed by atoms with Gasteiger partial charge < -0.3 is 14.4 Å². The molecule has 3 aliphatic heterocycles. The molecule has 1 atom stereocenters. The number of amides is 1. The molecule has 6 heteroatoms. The van der Waals surface area contributed by atoms with Crippen molar-refractivity contribution >= 4 is 5.91 Å². The van der Waals surface area contributed by atoms with Gasteiger partial charge in [0, 0.05) is 19.1 Å². The van der Waals surface area contributed by atoms with Crippen LogP contribution in [0.15, 0.2) is 24.3 Å². The summed E-state index contributed by atoms with van der Waals surface area (Å²) in [7, 11) is 0. The fourth-order valence-electron chi connectivity index (χ4n) is 3.98. The molecule has 1 aromatic carbocycles. The van der Waals surface area contributed by atoms with Gasteiger partial charge in [-0.1, -0.05) is 12.1 Å². The summed E-state index contributed by atoms with van der Waals surface area (Å²) in [5.74, 6) is -0.252. The van der Waals surface area contributed by atoms with Gasteiger partial charge in [-0.05, 0) is 24.1 Å². The van der Waals surface area contributed by atoms with Crippen LogP contribution in [0.3, 0.4) is 0 Å². The highest BCUT2D eigenvalue weighted by atomic mass is 19.1. The van der Waals surface area contributed by atoms with Crippen LogP contribution in [0.1, 0.15) is 12.0 Å². The monoisotopic (exact) mass is 334 g/mol. The van der Waals surface area contributed by atoms with E-state index in [9.17, 15) is 9.18 Å². The first kappa shape index (κ1) is 16.0. The minimum Gasteiger partial charge on any atom is -0.379 e. The molecule has 3 aliphatic rings. The van der Waals surface area contributed by atoms with E-state index < -0.39 is 0 Å². The Kier molecular flexibility index (Phi) is 4.28. The molecule has 1 unspecified atom stereocenters. The van der Waals surface area contributed by atoms with E-state index in [4.69, 9.17) is 9.47 Å². The Hall–Kier alpha value is -1.50. The van der Waals surface area contributed by atoms with Crippen molar-refractivity contribution in [1.29, 1.82) is 0 Å². The number of benzene rings is 1. The third-order valence-corrected chi connectivity index (χ3v) is 5.31. The lowest BCUT2D eigenvalue weighted by molar-refractivity contribution is -0.157. The van der Waals surface area contributed by atoms with Gasteiger partial charge in [0.15, 0.2) is 0 Å². The molecule has 1 spiro atoms. The molecular weight excluding hydrogens is 311 g/mol. The van der Waals surface area contributed by atoms with E-state index in [1.165, 1.54) is 12.1 Å². The fraction of sp³-hybridized carbons (Fsp3) is 0.611. The van der Waals surface area contributed by atoms with Crippen LogP contribution in [-0.2, 0) is 20.7 Å². The van der Waals surface area contributed by atoms with Crippen molar-refractivity contribution in [2.24, 2.45) is 0 Å². The Morgan fingerprint density at radius 1 is 1.29 bits per heavy atom. The van der Waals surface area contributed by atoms with Crippen LogP contribution in [0.25, 0.3) is 0 Å². The lowest BCUT2D eigenvalue weighted by Gasteiger charge is -2.47. The van der Waals surface area contributed by atoms with Crippen molar-refractivity contribution in [3.05, 3.63) is 35.6 Å². The molecule has 0 aromatic heterocycles. The topological polar surface area (TPSA) is 42.0 Å². The van der Waals surface area contributed by atoms with E-state index in [0.717, 1.165) is 44.9 Å². The van der Waals surface area contributed by atoms with Crippen LogP contribution in [0, 0.1) is 5.82 Å². The second-order valence-electron chi connectivity index (χ2n) is 7.06. The third-order valence-electron chi connectivity index (χ3n) is 5.31. The van der Waals surface area contributed by atoms with Gasteiger partial charge in [-0.25, -0.2) is 4.39 Å². The zero-order valence-electron chi connectivity index (χ0n) is 13.7. The van der Waals surface area contributed by atoms with Gasteiger partial charge in [0.05, 0.1) is 39.3 Å². The highest BCUT2D eigenvalue weighted by molar-refractivity contribution is 5.80. The molecule has 3 saturated heterocycles. The summed E-state index contributed by atoms with van der Waals surface area (Å²) in [5, 5.41) is 0. The summed E-state index contributed by atoms with van der Waals surface area (Å²) in [4.78, 5) is 16.6. The number of halogens is 1. The quantitative estimate of drug-likeness (QED) is 0.829. The molecular formula is C18H23FN2O3. The Morgan fingerprint density at radius 2 is 2.08 bits per heavy atom. The number of rotatable bonds is 3. The third kappa shape index (κ3) is 3.18. The maximum Gasteiger partial charge on any atom is 0.227 e. The van der Waals surface area contributed by atoms with Gasteiger partial charge in [0.25, 0.3) is 0 Å². The number of nitrogens with zero attached hydrogens (tertiary/aromatic N) is 2. The minimum atomic E-state index is -0.298. The second kappa shape index (κ2) is 6.43. The molecule has 5 nitrogen and oxygen atoms in total. The first-order valence-electron chi connectivity index (χ1n) is 8.62. The van der Waals surface area contributed by atoms with Crippen molar-refractivity contribution in [3.63, 3.8) is 0 Å². The smallest absolute Gasteiger partial charge is 0.227 e. The van der Waals surface area contributed by atoms with Crippen LogP contribution < -0.4 is 0 Å². The van der Waals surface area contributed by atoms with Crippen molar-refractivity contribution in [2.75, 3.05) is 46.0 Å². The standard InChI is InChI=1S/C18H23FN2O3/c19-15-3-1-2-14(8-15)9-17(22)21-12-18(13-21)10-16(11-24-18)20-4-6-23-7-5-20/h1-3,8,16H,4-7,9-13H2. The van der Waals surface area contributed by atoms with Gasteiger partial charge in [0.2, 0.25) is 5.91 Å². The molecule has 3 heterocycles. The summed E-state index contributed by atoms with van der Waals surface area (Å²) in [6, 6.07) is 6.69. The lowest BCUT2D eigenvalue weighted by Crippen LogP contribution is -2.63. The summed E-state index contributed by atoms with van der Waals surface area (Å²) < 4.78 is 24.7. The highest BCUT2D eigenvalue weighted by Gasteiger charge is 2.52. The molecule has 130 valence electrons. The van der Waals surface area contributed by atoms with Gasteiger partial charge in [-0.15, -0.1) is 0 Å². The Labute approximate surface area is 141 Å². The normalized spacial score (nSPS) is 26.5. The summed E-state index contributed by atoms with van der Waals surface area (Å²) in [6.07, 6.45) is 1.23. The van der Waals surface area contributed by atoms with Crippen LogP contribution >= 0.6 is 0 Å². The van der Waals surface area contributed by atoms with Crippen molar-refractivity contribution < 1.29 is 18.7 Å². The van der Waals surface area contributed by atoms with E-state index >= 15 is 0 Å². The molecule has 0 bridgehead atoms. The van der Waals surface area contributed by atoms with E-state index in [1.54, 1.807) is 12.1 Å². The van der Waals surface area contributed by atoms with Crippen LogP contribution in [0.2, 0.25) is 0 Å². The first-order valence-corrected chi connectivity index (χ1v) is 8.62. The number of likely N-dealkylation sites (tertiary alicyclic amines) is 1. The SMILES string of the molecule is O=C(Cc1cccc(F)c1)N1CC2(CC(N3CCOCC3)CO2)C1. The lowest BCUT2D eigenvalue weighted by atomic mass is 9.88. The van der Waals surface area contributed by atoms with E-state index in [2.05, 4.69) is 4.90 Å². The van der Waals surface area contributed by atoms with Gasteiger partial charge in [-0.3, -0.25) is 9.69 Å². The Bertz CT molecular complexity index is 612. The van der Waals surface area contributed by atoms with Crippen molar-refractivity contribution in [1.82, 2.24) is 9.80 Å². The number of carbonyl (C=O) groups is 1. The molecule has 3 fully saturated rings. The van der Waals surface area contributed by atoms with Crippen LogP contribution in [0.4, 0.5) is 4.39 Å². The van der Waals surface area contributed by atoms with Gasteiger partial charge in [0.1, 0.15) is 11.4 Å². The highest BCUT2D eigenvalue weighted by Crippen LogP contribution is 2.37. The average molecular weight is 334 g/mol. The zero-order chi connectivity index (χ0) is 16.6. The maximum absolute atomic E-state index is 13.2. The fourth-order valence-corrected chi connectivity index (χ4v) is 3.98. The summed E-state index contributed by atoms with van der Waals surface area (Å²) in [6.45, 7) is 5.57. The van der Waals surface area contributed by atoms with Crippen molar-refractivity contribution in [3.8, 4) is 0 Å². The number of morpholine rings is 1. The molecule has 0 radical (unpaired) electrons. The summed E-state index contributed by atoms with van der Waals surface area (Å²) in [5.41, 5.74) is 0.556. The molecule has 0 N–H and O–H groups in total. The van der Waals surface area contributed by atoms with Crippen molar-refractivity contribution in [2.45, 2.75) is 24.5 Å². The zero-order valence-corrected chi connectivity index (χ0v) is 13.7. The maximum atomic E-state index is 13.2. The predicted molar refractivity (Wildman–Crippen MR) is 86.2 cm³/mol. The van der Waals surface area contributed by atoms with Gasteiger partial charge in [-0.2, -0.15) is 0 Å². The van der Waals surface area contributed by atoms with Crippen LogP contribution in [0.5, 0.6) is 0 Å². The number of ether oxygens (including phenoxy) is 2. The molecule has 4 rings (SSSR count). The average Bonchev–Trinajstić information content (AvgIpc) is 3.00. The van der Waals surface area contributed by atoms with Gasteiger partial charge >= 0.3 is 0 Å². The molecule has 24 heavy (non-hydrogen) atoms. The largest absolute Gasteiger partial charge is 0.379 e. The Balaban J connectivity index is 1.29. The molecule has 1 amide bonds. The van der Waals surface area contributed by atoms with E-state index in [1.807, 2.05) is 4.90 Å². The summed E-state index contributed by atoms with van der Waals surface area (Å²) >= 11 is 0. The second-order valence-corrected chi connectivity index (χ2v) is 7.06. The molecule has 0 saturated carbocycles. The van der Waals surface area contributed by atoms with E-state index in [-0.39, 0.29) is 23.7 Å². The number of hydrogen-bond acceptors (Lipinski definition) is 4.